The first-order valence-corrected chi connectivity index (χ1v) is 14.8. The molecule has 0 amide bonds. The Hall–Kier alpha value is -2.41. The lowest BCUT2D eigenvalue weighted by Crippen LogP contribution is -2.50. The number of imidazole rings is 1. The number of piperazine rings is 1. The Bertz CT molecular complexity index is 1370. The number of alkyl halides is 2. The van der Waals surface area contributed by atoms with Gasteiger partial charge in [0.2, 0.25) is 5.79 Å². The van der Waals surface area contributed by atoms with Crippen LogP contribution in [0.1, 0.15) is 5.56 Å². The SMILES string of the molecule is C=S(=O)(C(F)F)N1CCN(c2ccc(OC[C@@H]3CO[C@@](Cn4ccnc4)(c4ccc(Cl)cc4Cl)O3)cc2)CC1. The number of anilines is 1. The molecule has 2 fully saturated rings. The van der Waals surface area contributed by atoms with E-state index in [0.29, 0.717) is 47.6 Å². The van der Waals surface area contributed by atoms with Crippen molar-refractivity contribution in [2.45, 2.75) is 24.2 Å². The number of aromatic nitrogens is 2. The van der Waals surface area contributed by atoms with Crippen molar-refractivity contribution in [2.75, 3.05) is 44.3 Å². The van der Waals surface area contributed by atoms with Crippen LogP contribution in [-0.4, -0.2) is 75.2 Å². The molecule has 0 aliphatic carbocycles. The van der Waals surface area contributed by atoms with Gasteiger partial charge in [-0.1, -0.05) is 29.3 Å². The minimum absolute atomic E-state index is 0.250. The van der Waals surface area contributed by atoms with Gasteiger partial charge in [-0.25, -0.2) is 13.5 Å². The number of ether oxygens (including phenoxy) is 3. The number of hydrogen-bond acceptors (Lipinski definition) is 6. The van der Waals surface area contributed by atoms with Crippen LogP contribution in [0.4, 0.5) is 14.5 Å². The third-order valence-electron chi connectivity index (χ3n) is 6.74. The van der Waals surface area contributed by atoms with Gasteiger partial charge in [0.15, 0.2) is 0 Å². The van der Waals surface area contributed by atoms with E-state index in [4.69, 9.17) is 37.4 Å². The maximum Gasteiger partial charge on any atom is 0.316 e. The standard InChI is InChI=1S/C26H28Cl2F2N4O4S/c1-39(35,25(29)30)34-12-10-33(11-13-34)20-3-5-21(6-4-20)36-15-22-16-37-26(38-22,17-32-9-8-31-18-32)23-7-2-19(27)14-24(23)28/h2-9,14,18,22,25H,1,10-13,15-17H2/t22-,26-,39?/m1/s1. The fourth-order valence-corrected chi connectivity index (χ4v) is 6.24. The third kappa shape index (κ3) is 6.18. The monoisotopic (exact) mass is 600 g/mol. The van der Waals surface area contributed by atoms with E-state index in [1.807, 2.05) is 35.0 Å². The molecule has 3 heterocycles. The highest BCUT2D eigenvalue weighted by molar-refractivity contribution is 7.98. The Balaban J connectivity index is 1.19. The molecule has 0 spiro atoms. The molecule has 3 atom stereocenters. The molecule has 2 aliphatic rings. The molecule has 3 aromatic rings. The normalized spacial score (nSPS) is 23.7. The Morgan fingerprint density at radius 1 is 1.15 bits per heavy atom. The number of nitrogens with zero attached hydrogens (tertiary/aromatic N) is 4. The molecule has 2 saturated heterocycles. The summed E-state index contributed by atoms with van der Waals surface area (Å²) in [6, 6.07) is 12.7. The van der Waals surface area contributed by atoms with E-state index in [0.717, 1.165) is 5.69 Å². The van der Waals surface area contributed by atoms with Crippen molar-refractivity contribution in [2.24, 2.45) is 0 Å². The van der Waals surface area contributed by atoms with Crippen LogP contribution in [0.25, 0.3) is 0 Å². The van der Waals surface area contributed by atoms with E-state index in [2.05, 4.69) is 15.8 Å². The molecule has 1 aromatic heterocycles. The second-order valence-corrected chi connectivity index (χ2v) is 12.4. The molecule has 5 rings (SSSR count). The average Bonchev–Trinajstić information content (AvgIpc) is 3.58. The molecule has 0 saturated carbocycles. The highest BCUT2D eigenvalue weighted by atomic mass is 35.5. The molecule has 8 nitrogen and oxygen atoms in total. The van der Waals surface area contributed by atoms with E-state index in [1.54, 1.807) is 30.7 Å². The lowest BCUT2D eigenvalue weighted by atomic mass is 10.1. The van der Waals surface area contributed by atoms with Crippen LogP contribution in [0.3, 0.4) is 0 Å². The van der Waals surface area contributed by atoms with Crippen LogP contribution in [0, 0.1) is 0 Å². The molecule has 2 aliphatic heterocycles. The minimum Gasteiger partial charge on any atom is -0.491 e. The van der Waals surface area contributed by atoms with Crippen LogP contribution >= 0.6 is 23.2 Å². The number of rotatable bonds is 9. The van der Waals surface area contributed by atoms with Gasteiger partial charge in [0.25, 0.3) is 0 Å². The molecule has 2 aromatic carbocycles. The average molecular weight is 602 g/mol. The fourth-order valence-electron chi connectivity index (χ4n) is 4.69. The summed E-state index contributed by atoms with van der Waals surface area (Å²) in [7, 11) is -3.56. The minimum atomic E-state index is -3.56. The summed E-state index contributed by atoms with van der Waals surface area (Å²) in [4.78, 5) is 6.16. The van der Waals surface area contributed by atoms with E-state index >= 15 is 0 Å². The predicted octanol–water partition coefficient (Wildman–Crippen LogP) is 4.51. The zero-order valence-corrected chi connectivity index (χ0v) is 23.3. The molecule has 39 heavy (non-hydrogen) atoms. The van der Waals surface area contributed by atoms with E-state index in [-0.39, 0.29) is 25.8 Å². The Kier molecular flexibility index (Phi) is 8.37. The van der Waals surface area contributed by atoms with Crippen LogP contribution in [0.15, 0.2) is 61.2 Å². The van der Waals surface area contributed by atoms with Crippen LogP contribution in [0.5, 0.6) is 5.75 Å². The zero-order chi connectivity index (χ0) is 27.6. The largest absolute Gasteiger partial charge is 0.491 e. The van der Waals surface area contributed by atoms with Gasteiger partial charge >= 0.3 is 5.76 Å². The first-order chi connectivity index (χ1) is 18.7. The summed E-state index contributed by atoms with van der Waals surface area (Å²) in [5, 5.41) is 0.951. The van der Waals surface area contributed by atoms with Gasteiger partial charge in [-0.05, 0) is 42.3 Å². The zero-order valence-electron chi connectivity index (χ0n) is 20.9. The van der Waals surface area contributed by atoms with Gasteiger partial charge < -0.3 is 23.7 Å². The Labute approximate surface area is 236 Å². The number of hydrogen-bond donors (Lipinski definition) is 0. The quantitative estimate of drug-likeness (QED) is 0.337. The molecular formula is C26H28Cl2F2N4O4S. The fraction of sp³-hybridized carbons (Fsp3) is 0.385. The second-order valence-electron chi connectivity index (χ2n) is 9.33. The van der Waals surface area contributed by atoms with Gasteiger partial charge in [0.05, 0.1) is 34.2 Å². The van der Waals surface area contributed by atoms with E-state index in [9.17, 15) is 13.0 Å². The lowest BCUT2D eigenvalue weighted by molar-refractivity contribution is -0.189. The summed E-state index contributed by atoms with van der Waals surface area (Å²) in [5.74, 6) is -0.208. The molecular weight excluding hydrogens is 573 g/mol. The summed E-state index contributed by atoms with van der Waals surface area (Å²) < 4.78 is 60.0. The smallest absolute Gasteiger partial charge is 0.316 e. The maximum atomic E-state index is 13.1. The van der Waals surface area contributed by atoms with Crippen molar-refractivity contribution in [3.05, 3.63) is 76.8 Å². The number of benzene rings is 2. The van der Waals surface area contributed by atoms with Gasteiger partial charge in [-0.3, -0.25) is 0 Å². The summed E-state index contributed by atoms with van der Waals surface area (Å²) in [6.07, 6.45) is 4.82. The Morgan fingerprint density at radius 3 is 2.54 bits per heavy atom. The van der Waals surface area contributed by atoms with Crippen molar-refractivity contribution in [1.82, 2.24) is 13.9 Å². The summed E-state index contributed by atoms with van der Waals surface area (Å²) in [5.41, 5.74) is 1.59. The van der Waals surface area contributed by atoms with Crippen LogP contribution < -0.4 is 9.64 Å². The van der Waals surface area contributed by atoms with Crippen molar-refractivity contribution in [3.8, 4) is 5.75 Å². The molecule has 210 valence electrons. The second kappa shape index (κ2) is 11.6. The maximum absolute atomic E-state index is 13.1. The number of halogens is 4. The predicted molar refractivity (Wildman–Crippen MR) is 148 cm³/mol. The van der Waals surface area contributed by atoms with Crippen molar-refractivity contribution >= 4 is 44.5 Å². The Morgan fingerprint density at radius 2 is 1.90 bits per heavy atom. The van der Waals surface area contributed by atoms with E-state index in [1.165, 1.54) is 4.31 Å². The molecule has 0 bridgehead atoms. The van der Waals surface area contributed by atoms with Gasteiger partial charge in [0.1, 0.15) is 18.5 Å². The van der Waals surface area contributed by atoms with Gasteiger partial charge in [0, 0.05) is 54.8 Å². The van der Waals surface area contributed by atoms with Crippen molar-refractivity contribution < 1.29 is 27.2 Å². The summed E-state index contributed by atoms with van der Waals surface area (Å²) in [6.45, 7) is 2.33. The summed E-state index contributed by atoms with van der Waals surface area (Å²) >= 11 is 12.6. The highest BCUT2D eigenvalue weighted by Crippen LogP contribution is 2.40. The van der Waals surface area contributed by atoms with Crippen molar-refractivity contribution in [1.29, 1.82) is 0 Å². The van der Waals surface area contributed by atoms with Gasteiger partial charge in [-0.2, -0.15) is 8.78 Å². The van der Waals surface area contributed by atoms with Crippen LogP contribution in [-0.2, 0) is 31.5 Å². The molecule has 13 heteroatoms. The topological polar surface area (TPSA) is 69.1 Å². The third-order valence-corrected chi connectivity index (χ3v) is 9.09. The van der Waals surface area contributed by atoms with Crippen LogP contribution in [0.2, 0.25) is 10.0 Å². The highest BCUT2D eigenvalue weighted by Gasteiger charge is 2.45. The first kappa shape index (κ1) is 28.1. The molecule has 1 unspecified atom stereocenters. The van der Waals surface area contributed by atoms with Gasteiger partial charge in [-0.15, -0.1) is 0 Å². The molecule has 0 N–H and O–H groups in total. The van der Waals surface area contributed by atoms with Crippen molar-refractivity contribution in [3.63, 3.8) is 0 Å². The molecule has 0 radical (unpaired) electrons. The first-order valence-electron chi connectivity index (χ1n) is 12.3. The lowest BCUT2D eigenvalue weighted by Gasteiger charge is -2.37. The van der Waals surface area contributed by atoms with E-state index < -0.39 is 21.3 Å².